The van der Waals surface area contributed by atoms with Crippen LogP contribution in [0.3, 0.4) is 0 Å². The van der Waals surface area contributed by atoms with Crippen molar-refractivity contribution >= 4 is 27.5 Å². The van der Waals surface area contributed by atoms with E-state index in [2.05, 4.69) is 26.0 Å². The highest BCUT2D eigenvalue weighted by atomic mass is 79.9. The Labute approximate surface area is 140 Å². The van der Waals surface area contributed by atoms with E-state index in [4.69, 9.17) is 0 Å². The number of carbonyl (C=O) groups excluding carboxylic acids is 1. The lowest BCUT2D eigenvalue weighted by atomic mass is 9.95. The molecule has 0 aliphatic heterocycles. The van der Waals surface area contributed by atoms with E-state index in [0.29, 0.717) is 5.69 Å². The highest BCUT2D eigenvalue weighted by Crippen LogP contribution is 2.49. The minimum atomic E-state index is -2.89. The molecule has 0 saturated heterocycles. The van der Waals surface area contributed by atoms with Gasteiger partial charge in [-0.15, -0.1) is 0 Å². The predicted molar refractivity (Wildman–Crippen MR) is 86.8 cm³/mol. The lowest BCUT2D eigenvalue weighted by Gasteiger charge is -2.16. The Morgan fingerprint density at radius 3 is 2.57 bits per heavy atom. The summed E-state index contributed by atoms with van der Waals surface area (Å²) in [7, 11) is 0. The SMILES string of the molecule is O=C(Nc1cccc(OC(F)F)c1)C1(c2cccc(Br)c2)CC1. The summed E-state index contributed by atoms with van der Waals surface area (Å²) in [5, 5.41) is 2.80. The van der Waals surface area contributed by atoms with Crippen molar-refractivity contribution in [2.75, 3.05) is 5.32 Å². The molecule has 120 valence electrons. The molecule has 0 radical (unpaired) electrons. The average molecular weight is 382 g/mol. The summed E-state index contributed by atoms with van der Waals surface area (Å²) in [5.74, 6) is -0.116. The van der Waals surface area contributed by atoms with E-state index in [-0.39, 0.29) is 11.7 Å². The Kier molecular flexibility index (Phi) is 4.35. The van der Waals surface area contributed by atoms with Crippen molar-refractivity contribution in [1.82, 2.24) is 0 Å². The molecule has 0 aromatic heterocycles. The number of hydrogen-bond acceptors (Lipinski definition) is 2. The number of halogens is 3. The maximum atomic E-state index is 12.6. The van der Waals surface area contributed by atoms with E-state index < -0.39 is 12.0 Å². The zero-order valence-corrected chi connectivity index (χ0v) is 13.6. The van der Waals surface area contributed by atoms with Gasteiger partial charge in [0.2, 0.25) is 5.91 Å². The first-order valence-corrected chi connectivity index (χ1v) is 7.91. The van der Waals surface area contributed by atoms with Crippen LogP contribution in [0.25, 0.3) is 0 Å². The molecule has 1 aliphatic carbocycles. The summed E-state index contributed by atoms with van der Waals surface area (Å²) in [6.45, 7) is -2.89. The molecule has 1 amide bonds. The van der Waals surface area contributed by atoms with Crippen LogP contribution in [0.4, 0.5) is 14.5 Å². The van der Waals surface area contributed by atoms with Crippen LogP contribution in [-0.4, -0.2) is 12.5 Å². The number of amides is 1. The fraction of sp³-hybridized carbons (Fsp3) is 0.235. The molecule has 2 aromatic rings. The van der Waals surface area contributed by atoms with Gasteiger partial charge in [-0.3, -0.25) is 4.79 Å². The minimum absolute atomic E-state index is 0.0186. The Morgan fingerprint density at radius 1 is 1.17 bits per heavy atom. The third-order valence-electron chi connectivity index (χ3n) is 3.88. The summed E-state index contributed by atoms with van der Waals surface area (Å²) >= 11 is 3.41. The first kappa shape index (κ1) is 15.9. The minimum Gasteiger partial charge on any atom is -0.435 e. The Balaban J connectivity index is 1.77. The van der Waals surface area contributed by atoms with Crippen LogP contribution in [0.1, 0.15) is 18.4 Å². The molecule has 1 saturated carbocycles. The second-order valence-electron chi connectivity index (χ2n) is 5.45. The van der Waals surface area contributed by atoms with Crippen molar-refractivity contribution < 1.29 is 18.3 Å². The number of carbonyl (C=O) groups is 1. The van der Waals surface area contributed by atoms with Crippen LogP contribution in [0.2, 0.25) is 0 Å². The van der Waals surface area contributed by atoms with Crippen molar-refractivity contribution in [3.63, 3.8) is 0 Å². The number of nitrogens with one attached hydrogen (secondary N) is 1. The van der Waals surface area contributed by atoms with Gasteiger partial charge in [-0.05, 0) is 42.7 Å². The smallest absolute Gasteiger partial charge is 0.387 e. The summed E-state index contributed by atoms with van der Waals surface area (Å²) in [4.78, 5) is 12.6. The first-order chi connectivity index (χ1) is 11.0. The standard InChI is InChI=1S/C17H14BrF2NO2/c18-12-4-1-3-11(9-12)17(7-8-17)15(22)21-13-5-2-6-14(10-13)23-16(19)20/h1-6,9-10,16H,7-8H2,(H,21,22). The zero-order valence-electron chi connectivity index (χ0n) is 12.1. The van der Waals surface area contributed by atoms with E-state index in [0.717, 1.165) is 22.9 Å². The van der Waals surface area contributed by atoms with E-state index >= 15 is 0 Å². The first-order valence-electron chi connectivity index (χ1n) is 7.12. The van der Waals surface area contributed by atoms with Gasteiger partial charge >= 0.3 is 6.61 Å². The van der Waals surface area contributed by atoms with Gasteiger partial charge in [0.05, 0.1) is 5.41 Å². The molecule has 1 N–H and O–H groups in total. The third kappa shape index (κ3) is 3.52. The fourth-order valence-corrected chi connectivity index (χ4v) is 2.96. The van der Waals surface area contributed by atoms with Crippen molar-refractivity contribution in [3.8, 4) is 5.75 Å². The number of anilines is 1. The quantitative estimate of drug-likeness (QED) is 0.813. The van der Waals surface area contributed by atoms with E-state index in [1.54, 1.807) is 12.1 Å². The number of ether oxygens (including phenoxy) is 1. The van der Waals surface area contributed by atoms with E-state index in [9.17, 15) is 13.6 Å². The normalized spacial score (nSPS) is 15.3. The van der Waals surface area contributed by atoms with Gasteiger partial charge in [-0.2, -0.15) is 8.78 Å². The van der Waals surface area contributed by atoms with Crippen LogP contribution < -0.4 is 10.1 Å². The number of alkyl halides is 2. The van der Waals surface area contributed by atoms with Crippen molar-refractivity contribution in [2.45, 2.75) is 24.9 Å². The van der Waals surface area contributed by atoms with E-state index in [1.807, 2.05) is 24.3 Å². The Bertz CT molecular complexity index is 732. The molecule has 0 bridgehead atoms. The lowest BCUT2D eigenvalue weighted by molar-refractivity contribution is -0.118. The highest BCUT2D eigenvalue weighted by molar-refractivity contribution is 9.10. The van der Waals surface area contributed by atoms with Gasteiger partial charge in [0.1, 0.15) is 5.75 Å². The summed E-state index contributed by atoms with van der Waals surface area (Å²) in [5.41, 5.74) is 0.849. The molecule has 0 atom stereocenters. The van der Waals surface area contributed by atoms with Gasteiger partial charge in [-0.25, -0.2) is 0 Å². The van der Waals surface area contributed by atoms with Gasteiger partial charge in [0.25, 0.3) is 0 Å². The third-order valence-corrected chi connectivity index (χ3v) is 4.37. The maximum Gasteiger partial charge on any atom is 0.387 e. The molecule has 3 nitrogen and oxygen atoms in total. The molecule has 2 aromatic carbocycles. The molecule has 1 fully saturated rings. The molecule has 3 rings (SSSR count). The summed E-state index contributed by atoms with van der Waals surface area (Å²) in [6, 6.07) is 13.7. The molecule has 23 heavy (non-hydrogen) atoms. The van der Waals surface area contributed by atoms with Crippen LogP contribution in [0, 0.1) is 0 Å². The number of benzene rings is 2. The highest BCUT2D eigenvalue weighted by Gasteiger charge is 2.51. The Morgan fingerprint density at radius 2 is 1.91 bits per heavy atom. The number of hydrogen-bond donors (Lipinski definition) is 1. The average Bonchev–Trinajstić information content (AvgIpc) is 3.28. The van der Waals surface area contributed by atoms with Crippen LogP contribution in [0.5, 0.6) is 5.75 Å². The zero-order chi connectivity index (χ0) is 16.4. The second-order valence-corrected chi connectivity index (χ2v) is 6.37. The van der Waals surface area contributed by atoms with Crippen LogP contribution in [-0.2, 0) is 10.2 Å². The molecule has 0 unspecified atom stereocenters. The van der Waals surface area contributed by atoms with Gasteiger partial charge in [0, 0.05) is 16.2 Å². The summed E-state index contributed by atoms with van der Waals surface area (Å²) in [6.07, 6.45) is 1.53. The molecule has 1 aliphatic rings. The largest absolute Gasteiger partial charge is 0.435 e. The van der Waals surface area contributed by atoms with Crippen molar-refractivity contribution in [3.05, 3.63) is 58.6 Å². The van der Waals surface area contributed by atoms with Crippen molar-refractivity contribution in [1.29, 1.82) is 0 Å². The summed E-state index contributed by atoms with van der Waals surface area (Å²) < 4.78 is 29.8. The number of rotatable bonds is 5. The molecule has 6 heteroatoms. The molecule has 0 heterocycles. The van der Waals surface area contributed by atoms with Gasteiger partial charge in [0.15, 0.2) is 0 Å². The van der Waals surface area contributed by atoms with Crippen molar-refractivity contribution in [2.24, 2.45) is 0 Å². The lowest BCUT2D eigenvalue weighted by Crippen LogP contribution is -2.27. The maximum absolute atomic E-state index is 12.6. The molecule has 0 spiro atoms. The van der Waals surface area contributed by atoms with Gasteiger partial charge < -0.3 is 10.1 Å². The second kappa shape index (κ2) is 6.28. The molecular weight excluding hydrogens is 368 g/mol. The molecular formula is C17H14BrF2NO2. The van der Waals surface area contributed by atoms with Crippen LogP contribution >= 0.6 is 15.9 Å². The Hall–Kier alpha value is -1.95. The van der Waals surface area contributed by atoms with Crippen LogP contribution in [0.15, 0.2) is 53.0 Å². The topological polar surface area (TPSA) is 38.3 Å². The predicted octanol–water partition coefficient (Wildman–Crippen LogP) is 4.72. The van der Waals surface area contributed by atoms with Gasteiger partial charge in [-0.1, -0.05) is 34.1 Å². The monoisotopic (exact) mass is 381 g/mol. The van der Waals surface area contributed by atoms with E-state index in [1.165, 1.54) is 12.1 Å². The fourth-order valence-electron chi connectivity index (χ4n) is 2.56.